The largest absolute Gasteiger partial charge is 0.469 e. The van der Waals surface area contributed by atoms with Gasteiger partial charge in [-0.2, -0.15) is 8.78 Å². The highest BCUT2D eigenvalue weighted by atomic mass is 79.9. The molecular formula is C11H10BrF2NO5. The van der Waals surface area contributed by atoms with Gasteiger partial charge in [-0.1, -0.05) is 15.9 Å². The monoisotopic (exact) mass is 353 g/mol. The Bertz CT molecular complexity index is 524. The number of nitrogens with zero attached hydrogens (tertiary/aromatic N) is 1. The fraction of sp³-hybridized carbons (Fsp3) is 0.364. The Balaban J connectivity index is 3.38. The van der Waals surface area contributed by atoms with Crippen molar-refractivity contribution in [1.82, 2.24) is 0 Å². The number of ether oxygens (including phenoxy) is 2. The molecule has 1 rings (SSSR count). The lowest BCUT2D eigenvalue weighted by Crippen LogP contribution is -2.12. The average Bonchev–Trinajstić information content (AvgIpc) is 2.39. The number of halogens is 3. The number of esters is 1. The van der Waals surface area contributed by atoms with E-state index in [0.29, 0.717) is 5.56 Å². The molecule has 0 saturated heterocycles. The number of hydrogen-bond donors (Lipinski definition) is 0. The Morgan fingerprint density at radius 1 is 1.50 bits per heavy atom. The number of methoxy groups -OCH3 is 1. The first kappa shape index (κ1) is 16.3. The van der Waals surface area contributed by atoms with Crippen molar-refractivity contribution >= 4 is 27.6 Å². The van der Waals surface area contributed by atoms with Crippen LogP contribution in [0.5, 0.6) is 5.75 Å². The van der Waals surface area contributed by atoms with Crippen molar-refractivity contribution in [3.05, 3.63) is 33.4 Å². The summed E-state index contributed by atoms with van der Waals surface area (Å²) in [4.78, 5) is 21.5. The van der Waals surface area contributed by atoms with E-state index < -0.39 is 35.4 Å². The van der Waals surface area contributed by atoms with Gasteiger partial charge in [0, 0.05) is 11.4 Å². The summed E-state index contributed by atoms with van der Waals surface area (Å²) < 4.78 is 33.4. The van der Waals surface area contributed by atoms with Gasteiger partial charge in [-0.05, 0) is 11.6 Å². The van der Waals surface area contributed by atoms with Crippen LogP contribution in [-0.2, 0) is 21.3 Å². The Hall–Kier alpha value is -1.77. The van der Waals surface area contributed by atoms with Gasteiger partial charge in [0.25, 0.3) is 5.69 Å². The average molecular weight is 354 g/mol. The van der Waals surface area contributed by atoms with Crippen LogP contribution in [0.4, 0.5) is 14.5 Å². The highest BCUT2D eigenvalue weighted by Crippen LogP contribution is 2.33. The Morgan fingerprint density at radius 3 is 2.60 bits per heavy atom. The molecule has 0 saturated carbocycles. The minimum Gasteiger partial charge on any atom is -0.469 e. The number of hydrogen-bond acceptors (Lipinski definition) is 5. The van der Waals surface area contributed by atoms with Crippen LogP contribution in [0.15, 0.2) is 12.1 Å². The molecule has 6 nitrogen and oxygen atoms in total. The van der Waals surface area contributed by atoms with Crippen LogP contribution in [0.2, 0.25) is 0 Å². The molecular weight excluding hydrogens is 344 g/mol. The van der Waals surface area contributed by atoms with Crippen molar-refractivity contribution in [3.63, 3.8) is 0 Å². The molecule has 0 amide bonds. The molecule has 0 N–H and O–H groups in total. The highest BCUT2D eigenvalue weighted by Gasteiger charge is 2.24. The number of rotatable bonds is 6. The van der Waals surface area contributed by atoms with Gasteiger partial charge < -0.3 is 9.47 Å². The summed E-state index contributed by atoms with van der Waals surface area (Å²) in [6.45, 7) is -3.16. The first-order valence-electron chi connectivity index (χ1n) is 5.26. The maximum absolute atomic E-state index is 12.4. The van der Waals surface area contributed by atoms with Gasteiger partial charge in [0.2, 0.25) is 0 Å². The third kappa shape index (κ3) is 4.12. The number of carbonyl (C=O) groups is 1. The van der Waals surface area contributed by atoms with Gasteiger partial charge in [-0.15, -0.1) is 0 Å². The van der Waals surface area contributed by atoms with E-state index in [1.165, 1.54) is 12.1 Å². The standard InChI is InChI=1S/C11H10BrF2NO5/c1-19-10(16)4-7-8(15(17)18)2-6(5-12)3-9(7)20-11(13)14/h2-3,11H,4-5H2,1H3. The third-order valence-corrected chi connectivity index (χ3v) is 3.01. The van der Waals surface area contributed by atoms with Gasteiger partial charge in [-0.3, -0.25) is 14.9 Å². The maximum Gasteiger partial charge on any atom is 0.387 e. The molecule has 0 fully saturated rings. The SMILES string of the molecule is COC(=O)Cc1c(OC(F)F)cc(CBr)cc1[N+](=O)[O-]. The lowest BCUT2D eigenvalue weighted by molar-refractivity contribution is -0.385. The second kappa shape index (κ2) is 7.13. The molecule has 0 aliphatic carbocycles. The smallest absolute Gasteiger partial charge is 0.387 e. The molecule has 110 valence electrons. The molecule has 1 aromatic carbocycles. The molecule has 0 aromatic heterocycles. The summed E-state index contributed by atoms with van der Waals surface area (Å²) in [6, 6.07) is 2.40. The molecule has 0 heterocycles. The van der Waals surface area contributed by atoms with E-state index in [1.807, 2.05) is 0 Å². The van der Waals surface area contributed by atoms with E-state index in [9.17, 15) is 23.7 Å². The Kier molecular flexibility index (Phi) is 5.81. The van der Waals surface area contributed by atoms with E-state index in [2.05, 4.69) is 25.4 Å². The van der Waals surface area contributed by atoms with Crippen LogP contribution in [-0.4, -0.2) is 24.6 Å². The molecule has 0 bridgehead atoms. The van der Waals surface area contributed by atoms with Crippen LogP contribution < -0.4 is 4.74 Å². The van der Waals surface area contributed by atoms with Gasteiger partial charge in [-0.25, -0.2) is 0 Å². The molecule has 0 atom stereocenters. The number of carbonyl (C=O) groups excluding carboxylic acids is 1. The lowest BCUT2D eigenvalue weighted by Gasteiger charge is -2.12. The summed E-state index contributed by atoms with van der Waals surface area (Å²) in [5.74, 6) is -1.20. The molecule has 0 aliphatic rings. The maximum atomic E-state index is 12.4. The van der Waals surface area contributed by atoms with E-state index >= 15 is 0 Å². The van der Waals surface area contributed by atoms with Crippen molar-refractivity contribution in [3.8, 4) is 5.75 Å². The Morgan fingerprint density at radius 2 is 2.15 bits per heavy atom. The minimum absolute atomic E-state index is 0.214. The van der Waals surface area contributed by atoms with Gasteiger partial charge >= 0.3 is 12.6 Å². The van der Waals surface area contributed by atoms with Crippen LogP contribution in [0.1, 0.15) is 11.1 Å². The van der Waals surface area contributed by atoms with Gasteiger partial charge in [0.1, 0.15) is 5.75 Å². The summed E-state index contributed by atoms with van der Waals surface area (Å²) in [7, 11) is 1.09. The lowest BCUT2D eigenvalue weighted by atomic mass is 10.1. The van der Waals surface area contributed by atoms with E-state index in [0.717, 1.165) is 7.11 Å². The van der Waals surface area contributed by atoms with Crippen molar-refractivity contribution < 1.29 is 28.0 Å². The number of nitro groups is 1. The van der Waals surface area contributed by atoms with Crippen molar-refractivity contribution in [1.29, 1.82) is 0 Å². The topological polar surface area (TPSA) is 78.7 Å². The molecule has 20 heavy (non-hydrogen) atoms. The molecule has 0 aliphatic heterocycles. The fourth-order valence-corrected chi connectivity index (χ4v) is 1.85. The van der Waals surface area contributed by atoms with Crippen LogP contribution >= 0.6 is 15.9 Å². The zero-order chi connectivity index (χ0) is 15.3. The van der Waals surface area contributed by atoms with Crippen molar-refractivity contribution in [2.75, 3.05) is 7.11 Å². The van der Waals surface area contributed by atoms with Crippen molar-refractivity contribution in [2.45, 2.75) is 18.4 Å². The second-order valence-electron chi connectivity index (χ2n) is 3.61. The summed E-state index contributed by atoms with van der Waals surface area (Å²) in [5.41, 5.74) is -0.337. The quantitative estimate of drug-likeness (QED) is 0.340. The predicted octanol–water partition coefficient (Wildman–Crippen LogP) is 2.81. The summed E-state index contributed by atoms with van der Waals surface area (Å²) >= 11 is 3.07. The van der Waals surface area contributed by atoms with Crippen LogP contribution in [0, 0.1) is 10.1 Å². The first-order valence-corrected chi connectivity index (χ1v) is 6.39. The molecule has 0 radical (unpaired) electrons. The van der Waals surface area contributed by atoms with E-state index in [-0.39, 0.29) is 10.9 Å². The Labute approximate surface area is 120 Å². The zero-order valence-electron chi connectivity index (χ0n) is 10.3. The van der Waals surface area contributed by atoms with Gasteiger partial charge in [0.05, 0.1) is 24.0 Å². The first-order chi connectivity index (χ1) is 9.38. The van der Waals surface area contributed by atoms with Gasteiger partial charge in [0.15, 0.2) is 0 Å². The highest BCUT2D eigenvalue weighted by molar-refractivity contribution is 9.08. The third-order valence-electron chi connectivity index (χ3n) is 2.36. The second-order valence-corrected chi connectivity index (χ2v) is 4.17. The normalized spacial score (nSPS) is 10.4. The fourth-order valence-electron chi connectivity index (χ4n) is 1.52. The summed E-state index contributed by atoms with van der Waals surface area (Å²) in [5, 5.41) is 11.2. The van der Waals surface area contributed by atoms with Crippen LogP contribution in [0.3, 0.4) is 0 Å². The molecule has 0 spiro atoms. The number of benzene rings is 1. The number of alkyl halides is 3. The predicted molar refractivity (Wildman–Crippen MR) is 68.1 cm³/mol. The van der Waals surface area contributed by atoms with Crippen LogP contribution in [0.25, 0.3) is 0 Å². The molecule has 9 heteroatoms. The number of nitro benzene ring substituents is 1. The zero-order valence-corrected chi connectivity index (χ0v) is 11.9. The minimum atomic E-state index is -3.16. The molecule has 1 aromatic rings. The molecule has 0 unspecified atom stereocenters. The van der Waals surface area contributed by atoms with Crippen molar-refractivity contribution in [2.24, 2.45) is 0 Å². The summed E-state index contributed by atoms with van der Waals surface area (Å²) in [6.07, 6.45) is -0.530. The van der Waals surface area contributed by atoms with E-state index in [1.54, 1.807) is 0 Å². The van der Waals surface area contributed by atoms with E-state index in [4.69, 9.17) is 0 Å².